The van der Waals surface area contributed by atoms with Crippen LogP contribution in [0.15, 0.2) is 17.4 Å². The van der Waals surface area contributed by atoms with E-state index in [0.717, 1.165) is 32.6 Å². The van der Waals surface area contributed by atoms with Crippen molar-refractivity contribution >= 4 is 15.9 Å². The van der Waals surface area contributed by atoms with Crippen molar-refractivity contribution in [1.82, 2.24) is 14.9 Å². The van der Waals surface area contributed by atoms with E-state index in [-0.39, 0.29) is 48.1 Å². The maximum absolute atomic E-state index is 12.6. The Bertz CT molecular complexity index is 913. The Morgan fingerprint density at radius 3 is 2.18 bits per heavy atom. The summed E-state index contributed by atoms with van der Waals surface area (Å²) in [6.45, 7) is 2.93. The molecule has 2 aliphatic rings. The Kier molecular flexibility index (Phi) is 8.61. The van der Waals surface area contributed by atoms with Gasteiger partial charge in [0.2, 0.25) is 5.88 Å². The van der Waals surface area contributed by atoms with Crippen LogP contribution in [0.4, 0.5) is 18.0 Å². The molecule has 2 heterocycles. The van der Waals surface area contributed by atoms with Crippen molar-refractivity contribution in [3.63, 3.8) is 0 Å². The third kappa shape index (κ3) is 7.17. The average molecular weight is 510 g/mol. The van der Waals surface area contributed by atoms with E-state index >= 15 is 0 Å². The van der Waals surface area contributed by atoms with Gasteiger partial charge in [0.15, 0.2) is 21.0 Å². The van der Waals surface area contributed by atoms with E-state index in [1.54, 1.807) is 0 Å². The van der Waals surface area contributed by atoms with Gasteiger partial charge in [0, 0.05) is 13.1 Å². The summed E-state index contributed by atoms with van der Waals surface area (Å²) in [5.74, 6) is 0.227. The van der Waals surface area contributed by atoms with Crippen LogP contribution in [-0.2, 0) is 19.3 Å². The normalized spacial score (nSPS) is 23.4. The molecule has 1 aromatic heterocycles. The summed E-state index contributed by atoms with van der Waals surface area (Å²) in [5.41, 5.74) is 0. The van der Waals surface area contributed by atoms with Crippen LogP contribution in [0.25, 0.3) is 0 Å². The molecule has 1 aliphatic heterocycles. The molecule has 192 valence electrons. The summed E-state index contributed by atoms with van der Waals surface area (Å²) in [7, 11) is -3.41. The van der Waals surface area contributed by atoms with Crippen molar-refractivity contribution in [2.45, 2.75) is 88.0 Å². The highest BCUT2D eigenvalue weighted by Gasteiger charge is 2.40. The quantitative estimate of drug-likeness (QED) is 0.549. The monoisotopic (exact) mass is 509 g/mol. The number of sulfone groups is 1. The van der Waals surface area contributed by atoms with Crippen molar-refractivity contribution in [1.29, 1.82) is 0 Å². The highest BCUT2D eigenvalue weighted by Crippen LogP contribution is 2.28. The first-order chi connectivity index (χ1) is 16.0. The lowest BCUT2D eigenvalue weighted by atomic mass is 9.94. The van der Waals surface area contributed by atoms with Crippen molar-refractivity contribution in [3.8, 4) is 5.88 Å². The molecule has 0 radical (unpaired) electrons. The third-order valence-electron chi connectivity index (χ3n) is 6.04. The number of aromatic nitrogens is 2. The largest absolute Gasteiger partial charge is 0.473 e. The minimum Gasteiger partial charge on any atom is -0.473 e. The Labute approximate surface area is 196 Å². The first-order valence-corrected chi connectivity index (χ1v) is 13.0. The summed E-state index contributed by atoms with van der Waals surface area (Å²) in [6.07, 6.45) is -1.16. The topological polar surface area (TPSA) is 108 Å². The fourth-order valence-corrected chi connectivity index (χ4v) is 4.59. The molecule has 0 bridgehead atoms. The van der Waals surface area contributed by atoms with Gasteiger partial charge in [0.1, 0.15) is 6.10 Å². The maximum atomic E-state index is 12.6. The second kappa shape index (κ2) is 11.1. The van der Waals surface area contributed by atoms with Gasteiger partial charge in [-0.3, -0.25) is 0 Å². The van der Waals surface area contributed by atoms with Gasteiger partial charge >= 0.3 is 12.3 Å². The zero-order valence-electron chi connectivity index (χ0n) is 19.2. The lowest BCUT2D eigenvalue weighted by molar-refractivity contribution is -0.200. The molecule has 0 spiro atoms. The number of ether oxygens (including phenoxy) is 3. The number of nitrogens with zero attached hydrogens (tertiary/aromatic N) is 3. The van der Waals surface area contributed by atoms with E-state index < -0.39 is 28.2 Å². The van der Waals surface area contributed by atoms with Gasteiger partial charge in [0.25, 0.3) is 0 Å². The number of halogens is 3. The van der Waals surface area contributed by atoms with E-state index in [1.807, 2.05) is 0 Å². The summed E-state index contributed by atoms with van der Waals surface area (Å²) < 4.78 is 77.8. The predicted octanol–water partition coefficient (Wildman–Crippen LogP) is 3.53. The summed E-state index contributed by atoms with van der Waals surface area (Å²) >= 11 is 0. The zero-order valence-corrected chi connectivity index (χ0v) is 20.0. The van der Waals surface area contributed by atoms with Crippen LogP contribution >= 0.6 is 0 Å². The van der Waals surface area contributed by atoms with Crippen LogP contribution in [0.3, 0.4) is 0 Å². The van der Waals surface area contributed by atoms with Crippen molar-refractivity contribution in [3.05, 3.63) is 12.4 Å². The van der Waals surface area contributed by atoms with Gasteiger partial charge in [-0.05, 0) is 45.4 Å². The minimum atomic E-state index is -4.58. The van der Waals surface area contributed by atoms with Crippen LogP contribution in [0.5, 0.6) is 5.88 Å². The standard InChI is InChI=1S/C21H30F3N3O6S/c1-3-34(29,30)19-13-25-18(12-26-19)33-16-6-4-15(5-7-16)32-17-8-10-27(11-9-17)20(28)31-14(2)21(22,23)24/h12-17H,3-11H2,1-2H3/t14-,15-,16-/m1/s1. The number of piperidine rings is 1. The SMILES string of the molecule is CCS(=O)(=O)c1cnc(O[C@H]2CC[C@H](OC3CCN(C(=O)O[C@H](C)C(F)(F)F)CC3)CC2)cn1. The van der Waals surface area contributed by atoms with Gasteiger partial charge in [-0.2, -0.15) is 13.2 Å². The number of alkyl halides is 3. The fraction of sp³-hybridized carbons (Fsp3) is 0.762. The molecule has 13 heteroatoms. The molecule has 0 N–H and O–H groups in total. The molecule has 1 aliphatic carbocycles. The minimum absolute atomic E-state index is 0.0387. The molecule has 34 heavy (non-hydrogen) atoms. The smallest absolute Gasteiger partial charge is 0.425 e. The van der Waals surface area contributed by atoms with Crippen molar-refractivity contribution in [2.24, 2.45) is 0 Å². The number of likely N-dealkylation sites (tertiary alicyclic amines) is 1. The Morgan fingerprint density at radius 2 is 1.65 bits per heavy atom. The molecule has 2 fully saturated rings. The zero-order chi connectivity index (χ0) is 24.9. The molecule has 1 amide bonds. The number of hydrogen-bond donors (Lipinski definition) is 0. The molecule has 1 saturated heterocycles. The van der Waals surface area contributed by atoms with E-state index in [9.17, 15) is 26.4 Å². The fourth-order valence-electron chi connectivity index (χ4n) is 3.87. The molecule has 0 unspecified atom stereocenters. The van der Waals surface area contributed by atoms with Gasteiger partial charge < -0.3 is 19.1 Å². The number of rotatable bonds is 7. The first-order valence-electron chi connectivity index (χ1n) is 11.4. The second-order valence-electron chi connectivity index (χ2n) is 8.50. The lowest BCUT2D eigenvalue weighted by Crippen LogP contribution is -2.44. The Hall–Kier alpha value is -2.15. The maximum Gasteiger partial charge on any atom is 0.425 e. The van der Waals surface area contributed by atoms with Crippen LogP contribution in [0, 0.1) is 0 Å². The molecule has 0 aromatic carbocycles. The van der Waals surface area contributed by atoms with E-state index in [4.69, 9.17) is 9.47 Å². The molecule has 9 nitrogen and oxygen atoms in total. The van der Waals surface area contributed by atoms with Crippen molar-refractivity contribution in [2.75, 3.05) is 18.8 Å². The number of amides is 1. The van der Waals surface area contributed by atoms with Crippen LogP contribution in [0.2, 0.25) is 0 Å². The molecular formula is C21H30F3N3O6S. The van der Waals surface area contributed by atoms with E-state index in [0.29, 0.717) is 12.8 Å². The highest BCUT2D eigenvalue weighted by molar-refractivity contribution is 7.91. The summed E-state index contributed by atoms with van der Waals surface area (Å²) in [6, 6.07) is 0. The van der Waals surface area contributed by atoms with E-state index in [2.05, 4.69) is 14.7 Å². The number of carbonyl (C=O) groups excluding carboxylic acids is 1. The number of hydrogen-bond acceptors (Lipinski definition) is 8. The second-order valence-corrected chi connectivity index (χ2v) is 10.7. The van der Waals surface area contributed by atoms with Crippen LogP contribution in [-0.4, -0.2) is 78.8 Å². The van der Waals surface area contributed by atoms with Crippen LogP contribution < -0.4 is 4.74 Å². The Morgan fingerprint density at radius 1 is 1.06 bits per heavy atom. The predicted molar refractivity (Wildman–Crippen MR) is 114 cm³/mol. The van der Waals surface area contributed by atoms with Gasteiger partial charge in [-0.25, -0.2) is 23.2 Å². The lowest BCUT2D eigenvalue weighted by Gasteiger charge is -2.36. The first kappa shape index (κ1) is 26.5. The van der Waals surface area contributed by atoms with Crippen molar-refractivity contribution < 1.29 is 40.6 Å². The summed E-state index contributed by atoms with van der Waals surface area (Å²) in [5, 5.41) is -0.0753. The molecule has 3 rings (SSSR count). The van der Waals surface area contributed by atoms with Crippen LogP contribution in [0.1, 0.15) is 52.4 Å². The van der Waals surface area contributed by atoms with E-state index in [1.165, 1.54) is 24.2 Å². The van der Waals surface area contributed by atoms with Gasteiger partial charge in [0.05, 0.1) is 30.4 Å². The molecular weight excluding hydrogens is 479 g/mol. The molecule has 1 aromatic rings. The highest BCUT2D eigenvalue weighted by atomic mass is 32.2. The summed E-state index contributed by atoms with van der Waals surface area (Å²) in [4.78, 5) is 21.2. The van der Waals surface area contributed by atoms with Gasteiger partial charge in [-0.1, -0.05) is 6.92 Å². The average Bonchev–Trinajstić information content (AvgIpc) is 2.80. The number of carbonyl (C=O) groups is 1. The van der Waals surface area contributed by atoms with Gasteiger partial charge in [-0.15, -0.1) is 0 Å². The molecule has 1 atom stereocenters. The molecule has 1 saturated carbocycles. The third-order valence-corrected chi connectivity index (χ3v) is 7.64. The Balaban J connectivity index is 1.37.